The van der Waals surface area contributed by atoms with E-state index in [4.69, 9.17) is 0 Å². The summed E-state index contributed by atoms with van der Waals surface area (Å²) in [6.07, 6.45) is -0.351. The van der Waals surface area contributed by atoms with Crippen molar-refractivity contribution in [3.05, 3.63) is 17.5 Å². The highest BCUT2D eigenvalue weighted by molar-refractivity contribution is 5.17. The summed E-state index contributed by atoms with van der Waals surface area (Å²) in [5.74, 6) is 0. The van der Waals surface area contributed by atoms with Crippen LogP contribution in [0.25, 0.3) is 0 Å². The van der Waals surface area contributed by atoms with Gasteiger partial charge in [-0.1, -0.05) is 20.8 Å². The number of hydrogen-bond donors (Lipinski definition) is 1. The van der Waals surface area contributed by atoms with Crippen LogP contribution in [0.5, 0.6) is 0 Å². The number of aliphatic hydroxyl groups is 1. The van der Waals surface area contributed by atoms with Crippen molar-refractivity contribution in [3.8, 4) is 0 Å². The van der Waals surface area contributed by atoms with Crippen molar-refractivity contribution in [1.29, 1.82) is 0 Å². The zero-order valence-corrected chi connectivity index (χ0v) is 9.70. The van der Waals surface area contributed by atoms with Crippen LogP contribution >= 0.6 is 0 Å². The molecule has 1 heterocycles. The van der Waals surface area contributed by atoms with Crippen molar-refractivity contribution in [2.24, 2.45) is 0 Å². The number of rotatable bonds is 2. The van der Waals surface area contributed by atoms with E-state index in [0.717, 1.165) is 5.69 Å². The molecule has 1 aromatic heterocycles. The second-order valence-corrected chi connectivity index (χ2v) is 4.95. The van der Waals surface area contributed by atoms with Gasteiger partial charge in [0.15, 0.2) is 0 Å². The Morgan fingerprint density at radius 1 is 1.50 bits per heavy atom. The topological polar surface area (TPSA) is 38.0 Å². The van der Waals surface area contributed by atoms with Gasteiger partial charge in [0, 0.05) is 11.1 Å². The molecule has 0 bridgehead atoms. The number of nitrogens with zero attached hydrogens (tertiary/aromatic N) is 2. The molecule has 0 aromatic carbocycles. The maximum absolute atomic E-state index is 9.34. The summed E-state index contributed by atoms with van der Waals surface area (Å²) in [6, 6.07) is 2.09. The molecule has 0 saturated carbocycles. The third-order valence-electron chi connectivity index (χ3n) is 2.11. The Morgan fingerprint density at radius 3 is 2.50 bits per heavy atom. The SMILES string of the molecule is Cc1cc(C(C)(C)C)n(CC(C)O)n1. The van der Waals surface area contributed by atoms with Crippen molar-refractivity contribution in [1.82, 2.24) is 9.78 Å². The Kier molecular flexibility index (Phi) is 3.00. The van der Waals surface area contributed by atoms with Crippen LogP contribution in [0.4, 0.5) is 0 Å². The Balaban J connectivity index is 3.03. The zero-order valence-electron chi connectivity index (χ0n) is 9.70. The fraction of sp³-hybridized carbons (Fsp3) is 0.727. The van der Waals surface area contributed by atoms with Gasteiger partial charge in [0.2, 0.25) is 0 Å². The molecule has 80 valence electrons. The quantitative estimate of drug-likeness (QED) is 0.784. The van der Waals surface area contributed by atoms with Gasteiger partial charge >= 0.3 is 0 Å². The molecule has 0 spiro atoms. The van der Waals surface area contributed by atoms with Gasteiger partial charge in [0.05, 0.1) is 18.3 Å². The van der Waals surface area contributed by atoms with E-state index in [1.165, 1.54) is 5.69 Å². The lowest BCUT2D eigenvalue weighted by Gasteiger charge is -2.20. The average molecular weight is 196 g/mol. The predicted octanol–water partition coefficient (Wildman–Crippen LogP) is 1.87. The highest BCUT2D eigenvalue weighted by Crippen LogP contribution is 2.23. The molecule has 1 aromatic rings. The third-order valence-corrected chi connectivity index (χ3v) is 2.11. The molecule has 1 unspecified atom stereocenters. The van der Waals surface area contributed by atoms with Crippen LogP contribution in [0.2, 0.25) is 0 Å². The minimum atomic E-state index is -0.351. The van der Waals surface area contributed by atoms with Gasteiger partial charge < -0.3 is 5.11 Å². The van der Waals surface area contributed by atoms with Gasteiger partial charge in [-0.3, -0.25) is 4.68 Å². The lowest BCUT2D eigenvalue weighted by molar-refractivity contribution is 0.165. The third kappa shape index (κ3) is 2.58. The first-order chi connectivity index (χ1) is 6.30. The highest BCUT2D eigenvalue weighted by Gasteiger charge is 2.20. The summed E-state index contributed by atoms with van der Waals surface area (Å²) in [5, 5.41) is 13.7. The van der Waals surface area contributed by atoms with Crippen LogP contribution in [-0.4, -0.2) is 21.0 Å². The molecule has 0 saturated heterocycles. The second-order valence-electron chi connectivity index (χ2n) is 4.95. The molecule has 0 aliphatic heterocycles. The first-order valence-corrected chi connectivity index (χ1v) is 5.03. The van der Waals surface area contributed by atoms with E-state index < -0.39 is 0 Å². The fourth-order valence-electron chi connectivity index (χ4n) is 1.54. The Hall–Kier alpha value is -0.830. The lowest BCUT2D eigenvalue weighted by Crippen LogP contribution is -2.22. The predicted molar refractivity (Wildman–Crippen MR) is 57.3 cm³/mol. The van der Waals surface area contributed by atoms with Gasteiger partial charge in [0.25, 0.3) is 0 Å². The van der Waals surface area contributed by atoms with Crippen LogP contribution in [0.15, 0.2) is 6.07 Å². The molecule has 1 rings (SSSR count). The van der Waals surface area contributed by atoms with Crippen molar-refractivity contribution < 1.29 is 5.11 Å². The van der Waals surface area contributed by atoms with E-state index in [-0.39, 0.29) is 11.5 Å². The van der Waals surface area contributed by atoms with E-state index in [0.29, 0.717) is 6.54 Å². The van der Waals surface area contributed by atoms with Crippen molar-refractivity contribution >= 4 is 0 Å². The number of aliphatic hydroxyl groups excluding tert-OH is 1. The zero-order chi connectivity index (χ0) is 10.9. The number of aryl methyl sites for hydroxylation is 1. The molecular weight excluding hydrogens is 176 g/mol. The first-order valence-electron chi connectivity index (χ1n) is 5.03. The maximum atomic E-state index is 9.34. The maximum Gasteiger partial charge on any atom is 0.0708 e. The Bertz CT molecular complexity index is 308. The summed E-state index contributed by atoms with van der Waals surface area (Å²) in [7, 11) is 0. The van der Waals surface area contributed by atoms with Crippen LogP contribution in [0.1, 0.15) is 39.1 Å². The molecule has 3 nitrogen and oxygen atoms in total. The summed E-state index contributed by atoms with van der Waals surface area (Å²) >= 11 is 0. The van der Waals surface area contributed by atoms with E-state index >= 15 is 0 Å². The second kappa shape index (κ2) is 3.73. The summed E-state index contributed by atoms with van der Waals surface area (Å²) < 4.78 is 1.90. The van der Waals surface area contributed by atoms with Crippen LogP contribution in [0, 0.1) is 6.92 Å². The Morgan fingerprint density at radius 2 is 2.07 bits per heavy atom. The minimum absolute atomic E-state index is 0.0795. The highest BCUT2D eigenvalue weighted by atomic mass is 16.3. The van der Waals surface area contributed by atoms with E-state index in [2.05, 4.69) is 31.9 Å². The monoisotopic (exact) mass is 196 g/mol. The van der Waals surface area contributed by atoms with Crippen molar-refractivity contribution in [3.63, 3.8) is 0 Å². The van der Waals surface area contributed by atoms with E-state index in [1.54, 1.807) is 6.92 Å². The standard InChI is InChI=1S/C11H20N2O/c1-8-6-10(11(3,4)5)13(12-8)7-9(2)14/h6,9,14H,7H2,1-5H3. The van der Waals surface area contributed by atoms with Gasteiger partial charge in [-0.15, -0.1) is 0 Å². The van der Waals surface area contributed by atoms with Crippen LogP contribution in [-0.2, 0) is 12.0 Å². The van der Waals surface area contributed by atoms with Gasteiger partial charge in [-0.2, -0.15) is 5.10 Å². The average Bonchev–Trinajstić information content (AvgIpc) is 2.28. The van der Waals surface area contributed by atoms with Gasteiger partial charge in [-0.05, 0) is 19.9 Å². The van der Waals surface area contributed by atoms with Crippen molar-refractivity contribution in [2.75, 3.05) is 0 Å². The summed E-state index contributed by atoms with van der Waals surface area (Å²) in [5.41, 5.74) is 2.27. The molecular formula is C11H20N2O. The molecule has 1 N–H and O–H groups in total. The normalized spacial score (nSPS) is 14.4. The smallest absolute Gasteiger partial charge is 0.0708 e. The van der Waals surface area contributed by atoms with E-state index in [9.17, 15) is 5.11 Å². The molecule has 14 heavy (non-hydrogen) atoms. The first kappa shape index (κ1) is 11.2. The summed E-state index contributed by atoms with van der Waals surface area (Å²) in [4.78, 5) is 0. The number of aromatic nitrogens is 2. The molecule has 0 aliphatic rings. The number of hydrogen-bond acceptors (Lipinski definition) is 2. The lowest BCUT2D eigenvalue weighted by atomic mass is 9.92. The van der Waals surface area contributed by atoms with Crippen LogP contribution < -0.4 is 0 Å². The molecule has 1 atom stereocenters. The fourth-order valence-corrected chi connectivity index (χ4v) is 1.54. The van der Waals surface area contributed by atoms with Crippen LogP contribution in [0.3, 0.4) is 0 Å². The van der Waals surface area contributed by atoms with Gasteiger partial charge in [-0.25, -0.2) is 0 Å². The molecule has 0 aliphatic carbocycles. The molecule has 0 fully saturated rings. The molecule has 0 radical (unpaired) electrons. The molecule has 3 heteroatoms. The van der Waals surface area contributed by atoms with Crippen molar-refractivity contribution in [2.45, 2.75) is 52.7 Å². The largest absolute Gasteiger partial charge is 0.391 e. The summed E-state index contributed by atoms with van der Waals surface area (Å²) in [6.45, 7) is 10.8. The molecule has 0 amide bonds. The van der Waals surface area contributed by atoms with E-state index in [1.807, 2.05) is 11.6 Å². The van der Waals surface area contributed by atoms with Gasteiger partial charge in [0.1, 0.15) is 0 Å². The minimum Gasteiger partial charge on any atom is -0.391 e. The Labute approximate surface area is 85.8 Å².